The van der Waals surface area contributed by atoms with E-state index in [-0.39, 0.29) is 35.3 Å². The van der Waals surface area contributed by atoms with Crippen LogP contribution in [0.4, 0.5) is 20.2 Å². The van der Waals surface area contributed by atoms with Crippen LogP contribution >= 0.6 is 0 Å². The Bertz CT molecular complexity index is 1080. The van der Waals surface area contributed by atoms with Crippen molar-refractivity contribution >= 4 is 23.3 Å². The van der Waals surface area contributed by atoms with Gasteiger partial charge in [0, 0.05) is 17.8 Å². The van der Waals surface area contributed by atoms with E-state index in [4.69, 9.17) is 14.2 Å². The summed E-state index contributed by atoms with van der Waals surface area (Å²) in [4.78, 5) is 35.0. The summed E-state index contributed by atoms with van der Waals surface area (Å²) in [5.74, 6) is -2.36. The number of hydrogen-bond donors (Lipinski definition) is 1. The Balaban J connectivity index is 1.68. The lowest BCUT2D eigenvalue weighted by atomic mass is 10.1. The number of hydrogen-bond acceptors (Lipinski definition) is 9. The molecule has 0 saturated heterocycles. The maximum atomic E-state index is 13.1. The first-order valence-corrected chi connectivity index (χ1v) is 8.99. The Morgan fingerprint density at radius 2 is 1.88 bits per heavy atom. The second kappa shape index (κ2) is 8.91. The number of amides is 1. The zero-order valence-electron chi connectivity index (χ0n) is 16.7. The molecule has 2 aromatic rings. The van der Waals surface area contributed by atoms with Crippen LogP contribution in [0.1, 0.15) is 17.3 Å². The summed E-state index contributed by atoms with van der Waals surface area (Å²) in [5, 5.41) is 13.6. The van der Waals surface area contributed by atoms with Crippen molar-refractivity contribution in [1.82, 2.24) is 0 Å². The van der Waals surface area contributed by atoms with Crippen molar-refractivity contribution in [2.45, 2.75) is 13.2 Å². The van der Waals surface area contributed by atoms with Crippen molar-refractivity contribution < 1.29 is 47.0 Å². The molecule has 0 radical (unpaired) electrons. The number of carbonyl (C=O) groups is 2. The van der Waals surface area contributed by atoms with Crippen LogP contribution in [-0.2, 0) is 9.53 Å². The van der Waals surface area contributed by atoms with Gasteiger partial charge < -0.3 is 29.0 Å². The van der Waals surface area contributed by atoms with Crippen molar-refractivity contribution in [3.8, 4) is 23.0 Å². The number of nitrogens with one attached hydrogen (secondary N) is 1. The smallest absolute Gasteiger partial charge is 0.493 e. The van der Waals surface area contributed by atoms with Crippen LogP contribution in [0.5, 0.6) is 23.0 Å². The molecule has 0 unspecified atom stereocenters. The van der Waals surface area contributed by atoms with Crippen LogP contribution in [0, 0.1) is 10.1 Å². The minimum atomic E-state index is -3.81. The Kier molecular flexibility index (Phi) is 6.27. The molecular weight excluding hydrogens is 438 g/mol. The molecule has 32 heavy (non-hydrogen) atoms. The molecule has 3 rings (SSSR count). The molecule has 1 amide bonds. The Hall–Kier alpha value is -4.16. The van der Waals surface area contributed by atoms with Gasteiger partial charge in [-0.15, -0.1) is 8.78 Å². The van der Waals surface area contributed by atoms with E-state index in [9.17, 15) is 28.5 Å². The number of halogens is 2. The van der Waals surface area contributed by atoms with Gasteiger partial charge >= 0.3 is 12.3 Å². The fraction of sp³-hybridized carbons (Fsp3) is 0.263. The molecule has 1 aliphatic rings. The number of methoxy groups -OCH3 is 1. The Morgan fingerprint density at radius 3 is 2.53 bits per heavy atom. The number of fused-ring (bicyclic) bond motifs is 1. The molecule has 0 spiro atoms. The van der Waals surface area contributed by atoms with Gasteiger partial charge in [0.2, 0.25) is 0 Å². The minimum absolute atomic E-state index is 0.0428. The lowest BCUT2D eigenvalue weighted by molar-refractivity contribution is -0.385. The van der Waals surface area contributed by atoms with Gasteiger partial charge in [0.1, 0.15) is 5.56 Å². The third kappa shape index (κ3) is 4.94. The molecule has 0 aromatic heterocycles. The van der Waals surface area contributed by atoms with Crippen molar-refractivity contribution in [3.05, 3.63) is 46.0 Å². The molecule has 0 fully saturated rings. The van der Waals surface area contributed by atoms with Gasteiger partial charge in [0.15, 0.2) is 29.6 Å². The quantitative estimate of drug-likeness (QED) is 0.362. The van der Waals surface area contributed by atoms with Gasteiger partial charge in [-0.05, 0) is 19.1 Å². The SMILES string of the molecule is CCOc1cc(C(=O)OCC(=O)Nc2ccc3c(c2)OC(F)(F)O3)c([N+](=O)[O-])cc1OC. The van der Waals surface area contributed by atoms with E-state index < -0.39 is 41.0 Å². The summed E-state index contributed by atoms with van der Waals surface area (Å²) in [5.41, 5.74) is -0.982. The lowest BCUT2D eigenvalue weighted by Crippen LogP contribution is -2.25. The van der Waals surface area contributed by atoms with E-state index in [0.717, 1.165) is 24.3 Å². The third-order valence-electron chi connectivity index (χ3n) is 4.02. The number of esters is 1. The molecule has 0 saturated carbocycles. The van der Waals surface area contributed by atoms with Gasteiger partial charge in [0.05, 0.1) is 24.7 Å². The lowest BCUT2D eigenvalue weighted by Gasteiger charge is -2.12. The van der Waals surface area contributed by atoms with E-state index >= 15 is 0 Å². The van der Waals surface area contributed by atoms with Gasteiger partial charge in [-0.2, -0.15) is 0 Å². The first-order chi connectivity index (χ1) is 15.1. The maximum absolute atomic E-state index is 13.1. The standard InChI is InChI=1S/C19H16F2N2O9/c1-3-29-15-7-11(12(23(26)27)8-14(15)28-2)18(25)30-9-17(24)22-10-4-5-13-16(6-10)32-19(20,21)31-13/h4-8H,3,9H2,1-2H3,(H,22,24). The van der Waals surface area contributed by atoms with Gasteiger partial charge in [0.25, 0.3) is 11.6 Å². The normalized spacial score (nSPS) is 13.2. The summed E-state index contributed by atoms with van der Waals surface area (Å²) in [6.07, 6.45) is -3.81. The van der Waals surface area contributed by atoms with Crippen LogP contribution in [0.2, 0.25) is 0 Å². The molecule has 0 atom stereocenters. The van der Waals surface area contributed by atoms with E-state index in [1.807, 2.05) is 0 Å². The van der Waals surface area contributed by atoms with E-state index in [0.29, 0.717) is 0 Å². The highest BCUT2D eigenvalue weighted by Crippen LogP contribution is 2.42. The first kappa shape index (κ1) is 22.5. The Labute approximate surface area is 178 Å². The third-order valence-corrected chi connectivity index (χ3v) is 4.02. The summed E-state index contributed by atoms with van der Waals surface area (Å²) in [6.45, 7) is 1.06. The van der Waals surface area contributed by atoms with Crippen LogP contribution in [0.3, 0.4) is 0 Å². The number of alkyl halides is 2. The summed E-state index contributed by atoms with van der Waals surface area (Å²) in [6, 6.07) is 5.61. The van der Waals surface area contributed by atoms with Crippen LogP contribution in [0.15, 0.2) is 30.3 Å². The van der Waals surface area contributed by atoms with Gasteiger partial charge in [-0.25, -0.2) is 4.79 Å². The second-order valence-corrected chi connectivity index (χ2v) is 6.16. The predicted octanol–water partition coefficient (Wildman–Crippen LogP) is 3.12. The Morgan fingerprint density at radius 1 is 1.16 bits per heavy atom. The number of nitro benzene ring substituents is 1. The summed E-state index contributed by atoms with van der Waals surface area (Å²) < 4.78 is 49.8. The molecule has 0 bridgehead atoms. The van der Waals surface area contributed by atoms with E-state index in [2.05, 4.69) is 14.8 Å². The van der Waals surface area contributed by atoms with Crippen LogP contribution in [-0.4, -0.2) is 43.4 Å². The average Bonchev–Trinajstić information content (AvgIpc) is 3.04. The fourth-order valence-corrected chi connectivity index (χ4v) is 2.72. The molecule has 13 heteroatoms. The largest absolute Gasteiger partial charge is 0.586 e. The monoisotopic (exact) mass is 454 g/mol. The zero-order valence-corrected chi connectivity index (χ0v) is 16.7. The summed E-state index contributed by atoms with van der Waals surface area (Å²) in [7, 11) is 1.28. The van der Waals surface area contributed by atoms with E-state index in [1.54, 1.807) is 6.92 Å². The number of carbonyl (C=O) groups excluding carboxylic acids is 2. The van der Waals surface area contributed by atoms with Crippen molar-refractivity contribution in [1.29, 1.82) is 0 Å². The van der Waals surface area contributed by atoms with Crippen molar-refractivity contribution in [3.63, 3.8) is 0 Å². The van der Waals surface area contributed by atoms with Gasteiger partial charge in [-0.3, -0.25) is 14.9 Å². The molecular formula is C19H16F2N2O9. The molecule has 11 nitrogen and oxygen atoms in total. The number of benzene rings is 2. The van der Waals surface area contributed by atoms with Crippen LogP contribution in [0.25, 0.3) is 0 Å². The maximum Gasteiger partial charge on any atom is 0.586 e. The average molecular weight is 454 g/mol. The van der Waals surface area contributed by atoms with Crippen molar-refractivity contribution in [2.75, 3.05) is 25.6 Å². The molecule has 1 N–H and O–H groups in total. The second-order valence-electron chi connectivity index (χ2n) is 6.16. The highest BCUT2D eigenvalue weighted by atomic mass is 19.3. The first-order valence-electron chi connectivity index (χ1n) is 8.99. The number of nitrogens with zero attached hydrogens (tertiary/aromatic N) is 1. The topological polar surface area (TPSA) is 135 Å². The fourth-order valence-electron chi connectivity index (χ4n) is 2.72. The number of ether oxygens (including phenoxy) is 5. The number of nitro groups is 1. The molecule has 0 aliphatic carbocycles. The van der Waals surface area contributed by atoms with Crippen LogP contribution < -0.4 is 24.3 Å². The molecule has 1 aliphatic heterocycles. The molecule has 1 heterocycles. The molecule has 2 aromatic carbocycles. The van der Waals surface area contributed by atoms with Crippen molar-refractivity contribution in [2.24, 2.45) is 0 Å². The zero-order chi connectivity index (χ0) is 23.5. The highest BCUT2D eigenvalue weighted by Gasteiger charge is 2.43. The van der Waals surface area contributed by atoms with Gasteiger partial charge in [-0.1, -0.05) is 0 Å². The minimum Gasteiger partial charge on any atom is -0.493 e. The summed E-state index contributed by atoms with van der Waals surface area (Å²) >= 11 is 0. The number of rotatable bonds is 8. The highest BCUT2D eigenvalue weighted by molar-refractivity contribution is 5.98. The van der Waals surface area contributed by atoms with E-state index in [1.165, 1.54) is 13.2 Å². The molecule has 170 valence electrons. The predicted molar refractivity (Wildman–Crippen MR) is 102 cm³/mol. The number of anilines is 1.